The lowest BCUT2D eigenvalue weighted by atomic mass is 10.0. The highest BCUT2D eigenvalue weighted by Crippen LogP contribution is 2.16. The molecular formula is C17H35N3O. The van der Waals surface area contributed by atoms with Crippen LogP contribution in [-0.4, -0.2) is 48.6 Å². The number of hydrogen-bond donors (Lipinski definition) is 2. The Bertz CT molecular complexity index is 292. The van der Waals surface area contributed by atoms with Crippen molar-refractivity contribution in [1.82, 2.24) is 15.5 Å². The Morgan fingerprint density at radius 3 is 2.62 bits per heavy atom. The fourth-order valence-electron chi connectivity index (χ4n) is 3.00. The van der Waals surface area contributed by atoms with Crippen LogP contribution in [0.25, 0.3) is 0 Å². The molecule has 4 heteroatoms. The maximum absolute atomic E-state index is 12.0. The smallest absolute Gasteiger partial charge is 0.237 e. The van der Waals surface area contributed by atoms with Gasteiger partial charge in [0, 0.05) is 12.1 Å². The zero-order chi connectivity index (χ0) is 15.7. The molecule has 0 saturated carbocycles. The minimum atomic E-state index is -0.0932. The number of piperidine rings is 1. The largest absolute Gasteiger partial charge is 0.352 e. The first kappa shape index (κ1) is 18.4. The van der Waals surface area contributed by atoms with E-state index in [2.05, 4.69) is 36.3 Å². The molecule has 0 aromatic rings. The minimum absolute atomic E-state index is 0.0932. The molecule has 1 saturated heterocycles. The zero-order valence-electron chi connectivity index (χ0n) is 14.5. The van der Waals surface area contributed by atoms with Crippen LogP contribution in [0.4, 0.5) is 0 Å². The third-order valence-electron chi connectivity index (χ3n) is 4.74. The van der Waals surface area contributed by atoms with Crippen LogP contribution in [-0.2, 0) is 4.79 Å². The first-order chi connectivity index (χ1) is 10.1. The molecular weight excluding hydrogens is 262 g/mol. The number of hydrogen-bond acceptors (Lipinski definition) is 3. The van der Waals surface area contributed by atoms with E-state index in [-0.39, 0.29) is 11.9 Å². The maximum Gasteiger partial charge on any atom is 0.237 e. The monoisotopic (exact) mass is 297 g/mol. The maximum atomic E-state index is 12.0. The second kappa shape index (κ2) is 10.2. The van der Waals surface area contributed by atoms with Gasteiger partial charge in [-0.05, 0) is 65.6 Å². The number of likely N-dealkylation sites (tertiary alicyclic amines) is 1. The standard InChI is InChI=1S/C17H35N3O/c1-5-16(6-2)19-17(21)15(4)18-11-9-13-20-12-8-7-10-14(20)3/h14-16,18H,5-13H2,1-4H3,(H,19,21). The molecule has 0 radical (unpaired) electrons. The Kier molecular flexibility index (Phi) is 8.93. The number of carbonyl (C=O) groups is 1. The van der Waals surface area contributed by atoms with Crippen molar-refractivity contribution in [2.75, 3.05) is 19.6 Å². The van der Waals surface area contributed by atoms with Crippen molar-refractivity contribution in [3.8, 4) is 0 Å². The van der Waals surface area contributed by atoms with E-state index in [0.29, 0.717) is 6.04 Å². The van der Waals surface area contributed by atoms with Crippen molar-refractivity contribution >= 4 is 5.91 Å². The highest BCUT2D eigenvalue weighted by molar-refractivity contribution is 5.81. The molecule has 1 fully saturated rings. The SMILES string of the molecule is CCC(CC)NC(=O)C(C)NCCCN1CCCCC1C. The molecule has 2 N–H and O–H groups in total. The molecule has 1 aliphatic rings. The van der Waals surface area contributed by atoms with Gasteiger partial charge in [-0.25, -0.2) is 0 Å². The van der Waals surface area contributed by atoms with E-state index in [1.165, 1.54) is 25.8 Å². The number of rotatable bonds is 9. The summed E-state index contributed by atoms with van der Waals surface area (Å²) in [4.78, 5) is 14.6. The van der Waals surface area contributed by atoms with Crippen LogP contribution < -0.4 is 10.6 Å². The summed E-state index contributed by atoms with van der Waals surface area (Å²) in [7, 11) is 0. The van der Waals surface area contributed by atoms with Crippen molar-refractivity contribution in [1.29, 1.82) is 0 Å². The van der Waals surface area contributed by atoms with E-state index in [1.54, 1.807) is 0 Å². The first-order valence-electron chi connectivity index (χ1n) is 8.86. The first-order valence-corrected chi connectivity index (χ1v) is 8.86. The van der Waals surface area contributed by atoms with Crippen LogP contribution >= 0.6 is 0 Å². The summed E-state index contributed by atoms with van der Waals surface area (Å²) < 4.78 is 0. The van der Waals surface area contributed by atoms with Gasteiger partial charge in [-0.2, -0.15) is 0 Å². The Labute approximate surface area is 131 Å². The van der Waals surface area contributed by atoms with E-state index < -0.39 is 0 Å². The van der Waals surface area contributed by atoms with Gasteiger partial charge in [0.05, 0.1) is 6.04 Å². The van der Waals surface area contributed by atoms with Gasteiger partial charge < -0.3 is 15.5 Å². The molecule has 0 aliphatic carbocycles. The second-order valence-electron chi connectivity index (χ2n) is 6.43. The topological polar surface area (TPSA) is 44.4 Å². The molecule has 1 amide bonds. The lowest BCUT2D eigenvalue weighted by Gasteiger charge is -2.33. The third kappa shape index (κ3) is 6.79. The van der Waals surface area contributed by atoms with Gasteiger partial charge in [0.25, 0.3) is 0 Å². The number of nitrogens with one attached hydrogen (secondary N) is 2. The molecule has 4 nitrogen and oxygen atoms in total. The quantitative estimate of drug-likeness (QED) is 0.643. The van der Waals surface area contributed by atoms with Gasteiger partial charge in [0.1, 0.15) is 0 Å². The van der Waals surface area contributed by atoms with Crippen molar-refractivity contribution in [2.45, 2.75) is 84.3 Å². The van der Waals surface area contributed by atoms with Gasteiger partial charge in [0.2, 0.25) is 5.91 Å². The van der Waals surface area contributed by atoms with Gasteiger partial charge in [-0.3, -0.25) is 4.79 Å². The lowest BCUT2D eigenvalue weighted by Crippen LogP contribution is -2.46. The molecule has 1 heterocycles. The molecule has 0 aromatic heterocycles. The highest BCUT2D eigenvalue weighted by Gasteiger charge is 2.18. The van der Waals surface area contributed by atoms with Crippen LogP contribution in [0.15, 0.2) is 0 Å². The highest BCUT2D eigenvalue weighted by atomic mass is 16.2. The summed E-state index contributed by atoms with van der Waals surface area (Å²) >= 11 is 0. The zero-order valence-corrected chi connectivity index (χ0v) is 14.5. The predicted octanol–water partition coefficient (Wildman–Crippen LogP) is 2.53. The number of carbonyl (C=O) groups excluding carboxylic acids is 1. The van der Waals surface area contributed by atoms with Crippen molar-refractivity contribution < 1.29 is 4.79 Å². The van der Waals surface area contributed by atoms with Gasteiger partial charge in [0.15, 0.2) is 0 Å². The van der Waals surface area contributed by atoms with Crippen LogP contribution in [0.3, 0.4) is 0 Å². The van der Waals surface area contributed by atoms with Crippen LogP contribution in [0.5, 0.6) is 0 Å². The van der Waals surface area contributed by atoms with Gasteiger partial charge in [-0.15, -0.1) is 0 Å². The molecule has 0 spiro atoms. The second-order valence-corrected chi connectivity index (χ2v) is 6.43. The van der Waals surface area contributed by atoms with E-state index in [1.807, 2.05) is 6.92 Å². The Morgan fingerprint density at radius 2 is 2.00 bits per heavy atom. The molecule has 2 unspecified atom stereocenters. The molecule has 124 valence electrons. The normalized spacial score (nSPS) is 21.5. The van der Waals surface area contributed by atoms with Crippen molar-refractivity contribution in [2.24, 2.45) is 0 Å². The summed E-state index contributed by atoms with van der Waals surface area (Å²) in [6.07, 6.45) is 7.17. The molecule has 21 heavy (non-hydrogen) atoms. The fraction of sp³-hybridized carbons (Fsp3) is 0.941. The van der Waals surface area contributed by atoms with E-state index in [9.17, 15) is 4.79 Å². The summed E-state index contributed by atoms with van der Waals surface area (Å²) in [6.45, 7) is 11.8. The number of amides is 1. The average Bonchev–Trinajstić information content (AvgIpc) is 2.50. The Hall–Kier alpha value is -0.610. The lowest BCUT2D eigenvalue weighted by molar-refractivity contribution is -0.123. The predicted molar refractivity (Wildman–Crippen MR) is 89.5 cm³/mol. The minimum Gasteiger partial charge on any atom is -0.352 e. The molecule has 1 rings (SSSR count). The van der Waals surface area contributed by atoms with E-state index >= 15 is 0 Å². The summed E-state index contributed by atoms with van der Waals surface area (Å²) in [6, 6.07) is 0.953. The van der Waals surface area contributed by atoms with Crippen LogP contribution in [0.2, 0.25) is 0 Å². The van der Waals surface area contributed by atoms with Gasteiger partial charge in [-0.1, -0.05) is 20.3 Å². The van der Waals surface area contributed by atoms with Crippen LogP contribution in [0, 0.1) is 0 Å². The summed E-state index contributed by atoms with van der Waals surface area (Å²) in [5.41, 5.74) is 0. The van der Waals surface area contributed by atoms with Crippen molar-refractivity contribution in [3.63, 3.8) is 0 Å². The van der Waals surface area contributed by atoms with Crippen LogP contribution in [0.1, 0.15) is 66.2 Å². The molecule has 0 bridgehead atoms. The Morgan fingerprint density at radius 1 is 1.29 bits per heavy atom. The molecule has 1 aliphatic heterocycles. The van der Waals surface area contributed by atoms with E-state index in [0.717, 1.165) is 38.4 Å². The summed E-state index contributed by atoms with van der Waals surface area (Å²) in [5.74, 6) is 0.134. The number of nitrogens with zero attached hydrogens (tertiary/aromatic N) is 1. The van der Waals surface area contributed by atoms with E-state index in [4.69, 9.17) is 0 Å². The Balaban J connectivity index is 2.14. The molecule has 0 aromatic carbocycles. The van der Waals surface area contributed by atoms with Crippen molar-refractivity contribution in [3.05, 3.63) is 0 Å². The fourth-order valence-corrected chi connectivity index (χ4v) is 3.00. The third-order valence-corrected chi connectivity index (χ3v) is 4.74. The van der Waals surface area contributed by atoms with Gasteiger partial charge >= 0.3 is 0 Å². The molecule has 2 atom stereocenters. The summed E-state index contributed by atoms with van der Waals surface area (Å²) in [5, 5.41) is 6.45. The average molecular weight is 297 g/mol.